The standard InChI is InChI=1S/C51H29N5O2/c1-2-12-30(13-3-1)49-52-50(31-22-24-37-35-16-6-10-20-43(35)57-45(37)28-31)54-51(53-49)56-42-19-9-5-15-34(42)40-27-26-39-33-14-4-8-18-41(33)55(47(39)48(40)56)32-23-25-38-36-17-7-11-21-44(36)58-46(38)29-32/h1-29H. The maximum absolute atomic E-state index is 6.45. The second-order valence-electron chi connectivity index (χ2n) is 14.8. The van der Waals surface area contributed by atoms with Gasteiger partial charge < -0.3 is 13.4 Å². The van der Waals surface area contributed by atoms with Crippen molar-refractivity contribution in [1.29, 1.82) is 0 Å². The van der Waals surface area contributed by atoms with Crippen LogP contribution >= 0.6 is 0 Å². The highest BCUT2D eigenvalue weighted by Gasteiger charge is 2.24. The molecule has 13 aromatic rings. The van der Waals surface area contributed by atoms with Gasteiger partial charge in [0.25, 0.3) is 0 Å². The van der Waals surface area contributed by atoms with Gasteiger partial charge in [-0.2, -0.15) is 9.97 Å². The van der Waals surface area contributed by atoms with Gasteiger partial charge >= 0.3 is 0 Å². The number of rotatable bonds is 4. The van der Waals surface area contributed by atoms with Crippen molar-refractivity contribution in [2.24, 2.45) is 0 Å². The maximum Gasteiger partial charge on any atom is 0.238 e. The normalized spacial score (nSPS) is 12.1. The fourth-order valence-electron chi connectivity index (χ4n) is 9.01. The molecule has 0 saturated carbocycles. The average molecular weight is 744 g/mol. The van der Waals surface area contributed by atoms with Crippen LogP contribution in [0.3, 0.4) is 0 Å². The predicted octanol–water partition coefficient (Wildman–Crippen LogP) is 13.2. The molecule has 0 saturated heterocycles. The van der Waals surface area contributed by atoms with Crippen LogP contribution in [0, 0.1) is 0 Å². The second-order valence-corrected chi connectivity index (χ2v) is 14.8. The van der Waals surface area contributed by atoms with Crippen molar-refractivity contribution in [3.05, 3.63) is 176 Å². The summed E-state index contributed by atoms with van der Waals surface area (Å²) in [6, 6.07) is 60.8. The van der Waals surface area contributed by atoms with Crippen molar-refractivity contribution in [1.82, 2.24) is 24.1 Å². The van der Waals surface area contributed by atoms with Gasteiger partial charge in [0.05, 0.1) is 27.8 Å². The van der Waals surface area contributed by atoms with Gasteiger partial charge in [0.1, 0.15) is 22.3 Å². The topological polar surface area (TPSA) is 74.8 Å². The van der Waals surface area contributed by atoms with E-state index in [0.29, 0.717) is 17.6 Å². The molecule has 58 heavy (non-hydrogen) atoms. The first-order valence-electron chi connectivity index (χ1n) is 19.4. The van der Waals surface area contributed by atoms with Crippen molar-refractivity contribution in [2.45, 2.75) is 0 Å². The summed E-state index contributed by atoms with van der Waals surface area (Å²) >= 11 is 0. The molecule has 7 nitrogen and oxygen atoms in total. The molecule has 13 rings (SSSR count). The predicted molar refractivity (Wildman–Crippen MR) is 234 cm³/mol. The minimum Gasteiger partial charge on any atom is -0.456 e. The van der Waals surface area contributed by atoms with Gasteiger partial charge in [0.2, 0.25) is 5.95 Å². The lowest BCUT2D eigenvalue weighted by atomic mass is 10.1. The summed E-state index contributed by atoms with van der Waals surface area (Å²) < 4.78 is 17.4. The first-order valence-corrected chi connectivity index (χ1v) is 19.4. The lowest BCUT2D eigenvalue weighted by molar-refractivity contribution is 0.668. The van der Waals surface area contributed by atoms with Crippen molar-refractivity contribution in [2.75, 3.05) is 0 Å². The van der Waals surface area contributed by atoms with E-state index in [1.54, 1.807) is 0 Å². The number of fused-ring (bicyclic) bond motifs is 13. The van der Waals surface area contributed by atoms with Crippen molar-refractivity contribution in [3.8, 4) is 34.4 Å². The quantitative estimate of drug-likeness (QED) is 0.179. The van der Waals surface area contributed by atoms with Gasteiger partial charge in [0, 0.05) is 60.3 Å². The number of nitrogens with zero attached hydrogens (tertiary/aromatic N) is 5. The molecule has 0 fully saturated rings. The molecule has 0 amide bonds. The first kappa shape index (κ1) is 31.2. The van der Waals surface area contributed by atoms with Crippen molar-refractivity contribution in [3.63, 3.8) is 0 Å². The van der Waals surface area contributed by atoms with Crippen molar-refractivity contribution >= 4 is 87.5 Å². The summed E-state index contributed by atoms with van der Waals surface area (Å²) in [5, 5.41) is 8.82. The Balaban J connectivity index is 1.14. The van der Waals surface area contributed by atoms with Gasteiger partial charge in [-0.3, -0.25) is 4.57 Å². The number of furan rings is 2. The summed E-state index contributed by atoms with van der Waals surface area (Å²) in [6.07, 6.45) is 0. The van der Waals surface area contributed by atoms with Gasteiger partial charge in [-0.25, -0.2) is 4.98 Å². The van der Waals surface area contributed by atoms with E-state index < -0.39 is 0 Å². The molecular formula is C51H29N5O2. The van der Waals surface area contributed by atoms with Crippen LogP contribution < -0.4 is 0 Å². The summed E-state index contributed by atoms with van der Waals surface area (Å²) in [6.45, 7) is 0. The average Bonchev–Trinajstić information content (AvgIpc) is 4.03. The molecule has 0 spiro atoms. The Labute approximate surface area is 329 Å². The second kappa shape index (κ2) is 11.7. The molecule has 8 aromatic carbocycles. The van der Waals surface area contributed by atoms with Gasteiger partial charge in [-0.05, 0) is 48.5 Å². The van der Waals surface area contributed by atoms with E-state index in [1.807, 2.05) is 66.7 Å². The van der Waals surface area contributed by atoms with E-state index in [4.69, 9.17) is 23.8 Å². The van der Waals surface area contributed by atoms with Gasteiger partial charge in [-0.1, -0.05) is 121 Å². The zero-order valence-corrected chi connectivity index (χ0v) is 30.8. The van der Waals surface area contributed by atoms with Crippen LogP contribution in [0.1, 0.15) is 0 Å². The Morgan fingerprint density at radius 2 is 0.810 bits per heavy atom. The SMILES string of the molecule is c1ccc(-c2nc(-c3ccc4c(c3)oc3ccccc34)nc(-n3c4ccccc4c4ccc5c6ccccc6n(-c6ccc7c(c6)oc6ccccc67)c5c43)n2)cc1. The molecule has 0 aliphatic heterocycles. The molecule has 0 aliphatic carbocycles. The molecule has 5 heterocycles. The number of para-hydroxylation sites is 4. The van der Waals surface area contributed by atoms with E-state index in [2.05, 4.69) is 118 Å². The number of aromatic nitrogens is 5. The number of hydrogen-bond donors (Lipinski definition) is 0. The highest BCUT2D eigenvalue weighted by atomic mass is 16.3. The molecule has 7 heteroatoms. The Bertz CT molecular complexity index is 3810. The van der Waals surface area contributed by atoms with Crippen LogP contribution in [-0.4, -0.2) is 24.1 Å². The first-order chi connectivity index (χ1) is 28.7. The number of hydrogen-bond acceptors (Lipinski definition) is 5. The van der Waals surface area contributed by atoms with E-state index in [1.165, 1.54) is 0 Å². The zero-order valence-electron chi connectivity index (χ0n) is 30.8. The van der Waals surface area contributed by atoms with Crippen molar-refractivity contribution < 1.29 is 8.83 Å². The third-order valence-corrected chi connectivity index (χ3v) is 11.6. The third kappa shape index (κ3) is 4.41. The van der Waals surface area contributed by atoms with E-state index in [-0.39, 0.29) is 0 Å². The smallest absolute Gasteiger partial charge is 0.238 e. The van der Waals surface area contributed by atoms with Gasteiger partial charge in [-0.15, -0.1) is 0 Å². The maximum atomic E-state index is 6.45. The summed E-state index contributed by atoms with van der Waals surface area (Å²) in [5.74, 6) is 1.66. The largest absolute Gasteiger partial charge is 0.456 e. The Morgan fingerprint density at radius 1 is 0.328 bits per heavy atom. The minimum atomic E-state index is 0.525. The molecule has 0 N–H and O–H groups in total. The molecule has 0 aliphatic rings. The zero-order chi connectivity index (χ0) is 37.9. The van der Waals surface area contributed by atoms with Crippen LogP contribution in [-0.2, 0) is 0 Å². The lowest BCUT2D eigenvalue weighted by Crippen LogP contribution is -2.07. The lowest BCUT2D eigenvalue weighted by Gasteiger charge is -2.13. The monoisotopic (exact) mass is 743 g/mol. The van der Waals surface area contributed by atoms with Crippen LogP contribution in [0.15, 0.2) is 185 Å². The molecule has 270 valence electrons. The molecule has 0 radical (unpaired) electrons. The highest BCUT2D eigenvalue weighted by molar-refractivity contribution is 6.24. The van der Waals surface area contributed by atoms with E-state index in [0.717, 1.165) is 104 Å². The molecule has 0 bridgehead atoms. The minimum absolute atomic E-state index is 0.525. The Hall–Kier alpha value is -8.03. The molecule has 0 unspecified atom stereocenters. The van der Waals surface area contributed by atoms with Crippen LogP contribution in [0.4, 0.5) is 0 Å². The summed E-state index contributed by atoms with van der Waals surface area (Å²) in [7, 11) is 0. The van der Waals surface area contributed by atoms with E-state index in [9.17, 15) is 0 Å². The van der Waals surface area contributed by atoms with Gasteiger partial charge in [0.15, 0.2) is 11.6 Å². The number of benzene rings is 8. The molecule has 0 atom stereocenters. The Kier molecular flexibility index (Phi) is 6.32. The molecule has 5 aromatic heterocycles. The van der Waals surface area contributed by atoms with Crippen LogP contribution in [0.2, 0.25) is 0 Å². The van der Waals surface area contributed by atoms with Crippen LogP contribution in [0.5, 0.6) is 0 Å². The third-order valence-electron chi connectivity index (χ3n) is 11.6. The van der Waals surface area contributed by atoms with Crippen LogP contribution in [0.25, 0.3) is 122 Å². The summed E-state index contributed by atoms with van der Waals surface area (Å²) in [4.78, 5) is 15.7. The van der Waals surface area contributed by atoms with E-state index >= 15 is 0 Å². The highest BCUT2D eigenvalue weighted by Crippen LogP contribution is 2.42. The fourth-order valence-corrected chi connectivity index (χ4v) is 9.01. The molecular weight excluding hydrogens is 715 g/mol. The fraction of sp³-hybridized carbons (Fsp3) is 0. The Morgan fingerprint density at radius 3 is 1.48 bits per heavy atom. The summed E-state index contributed by atoms with van der Waals surface area (Å²) in [5.41, 5.74) is 10.2.